The smallest absolute Gasteiger partial charge is 0.230 e. The number of amides is 1. The highest BCUT2D eigenvalue weighted by Crippen LogP contribution is 2.34. The number of rotatable bonds is 7. The van der Waals surface area contributed by atoms with Crippen LogP contribution in [0.25, 0.3) is 10.2 Å². The van der Waals surface area contributed by atoms with E-state index < -0.39 is 0 Å². The quantitative estimate of drug-likeness (QED) is 0.471. The molecule has 1 aromatic carbocycles. The van der Waals surface area contributed by atoms with Crippen molar-refractivity contribution in [1.29, 1.82) is 0 Å². The van der Waals surface area contributed by atoms with E-state index in [4.69, 9.17) is 0 Å². The van der Waals surface area contributed by atoms with E-state index in [1.165, 1.54) is 32.7 Å². The van der Waals surface area contributed by atoms with E-state index in [0.29, 0.717) is 12.3 Å². The molecule has 0 aliphatic heterocycles. The Bertz CT molecular complexity index is 924. The molecule has 5 nitrogen and oxygen atoms in total. The van der Waals surface area contributed by atoms with Crippen molar-refractivity contribution in [3.63, 3.8) is 0 Å². The van der Waals surface area contributed by atoms with Crippen molar-refractivity contribution < 1.29 is 9.69 Å². The van der Waals surface area contributed by atoms with Gasteiger partial charge in [-0.05, 0) is 19.4 Å². The van der Waals surface area contributed by atoms with Crippen LogP contribution in [-0.4, -0.2) is 42.3 Å². The van der Waals surface area contributed by atoms with Gasteiger partial charge in [-0.25, -0.2) is 9.97 Å². The molecular weight excluding hydrogens is 376 g/mol. The molecular formula is C20H25N4OS2+. The van der Waals surface area contributed by atoms with Gasteiger partial charge in [0.2, 0.25) is 5.91 Å². The molecule has 27 heavy (non-hydrogen) atoms. The lowest BCUT2D eigenvalue weighted by molar-refractivity contribution is -0.890. The van der Waals surface area contributed by atoms with Gasteiger partial charge in [-0.2, -0.15) is 0 Å². The van der Waals surface area contributed by atoms with Crippen molar-refractivity contribution in [2.75, 3.05) is 26.4 Å². The third kappa shape index (κ3) is 4.66. The topological polar surface area (TPSA) is 59.3 Å². The molecule has 2 aromatic heterocycles. The van der Waals surface area contributed by atoms with Gasteiger partial charge < -0.3 is 10.2 Å². The minimum Gasteiger partial charge on any atom is -0.349 e. The first-order valence-corrected chi connectivity index (χ1v) is 10.7. The maximum Gasteiger partial charge on any atom is 0.230 e. The number of carbonyl (C=O) groups is 1. The number of hydrogen-bond acceptors (Lipinski definition) is 5. The average molecular weight is 402 g/mol. The van der Waals surface area contributed by atoms with Gasteiger partial charge in [0.05, 0.1) is 26.4 Å². The zero-order chi connectivity index (χ0) is 19.4. The van der Waals surface area contributed by atoms with Crippen LogP contribution in [0.15, 0.2) is 41.7 Å². The van der Waals surface area contributed by atoms with Crippen LogP contribution in [0.3, 0.4) is 0 Å². The van der Waals surface area contributed by atoms with E-state index in [0.717, 1.165) is 15.2 Å². The highest BCUT2D eigenvalue weighted by Gasteiger charge is 2.19. The number of quaternary nitrogens is 1. The van der Waals surface area contributed by atoms with Crippen molar-refractivity contribution in [3.8, 4) is 0 Å². The number of aromatic nitrogens is 2. The molecule has 7 heteroatoms. The van der Waals surface area contributed by atoms with Gasteiger partial charge in [0.25, 0.3) is 0 Å². The number of thiophene rings is 1. The van der Waals surface area contributed by atoms with Crippen LogP contribution in [0.1, 0.15) is 22.0 Å². The fraction of sp³-hybridized carbons (Fsp3) is 0.350. The van der Waals surface area contributed by atoms with Gasteiger partial charge >= 0.3 is 0 Å². The van der Waals surface area contributed by atoms with E-state index in [1.807, 2.05) is 18.2 Å². The molecule has 1 amide bonds. The number of thioether (sulfide) groups is 1. The maximum atomic E-state index is 12.4. The van der Waals surface area contributed by atoms with E-state index in [9.17, 15) is 4.79 Å². The summed E-state index contributed by atoms with van der Waals surface area (Å²) in [5.74, 6) is 0.378. The first-order valence-electron chi connectivity index (χ1n) is 8.92. The van der Waals surface area contributed by atoms with E-state index >= 15 is 0 Å². The molecule has 0 fully saturated rings. The highest BCUT2D eigenvalue weighted by atomic mass is 32.2. The Hall–Kier alpha value is -1.96. The second-order valence-corrected chi connectivity index (χ2v) is 8.94. The van der Waals surface area contributed by atoms with Crippen LogP contribution >= 0.6 is 23.1 Å². The minimum atomic E-state index is 0.0264. The van der Waals surface area contributed by atoms with Gasteiger partial charge in [-0.3, -0.25) is 4.79 Å². The largest absolute Gasteiger partial charge is 0.349 e. The van der Waals surface area contributed by atoms with Crippen LogP contribution in [0.4, 0.5) is 0 Å². The van der Waals surface area contributed by atoms with E-state index in [2.05, 4.69) is 55.4 Å². The summed E-state index contributed by atoms with van der Waals surface area (Å²) in [6, 6.07) is 10.5. The molecule has 0 spiro atoms. The van der Waals surface area contributed by atoms with Crippen LogP contribution in [0, 0.1) is 13.8 Å². The lowest BCUT2D eigenvalue weighted by Crippen LogP contribution is -3.07. The van der Waals surface area contributed by atoms with E-state index in [-0.39, 0.29) is 11.9 Å². The monoisotopic (exact) mass is 401 g/mol. The first-order chi connectivity index (χ1) is 13.0. The Morgan fingerprint density at radius 3 is 2.67 bits per heavy atom. The number of fused-ring (bicyclic) bond motifs is 1. The van der Waals surface area contributed by atoms with Gasteiger partial charge in [0.15, 0.2) is 0 Å². The highest BCUT2D eigenvalue weighted by molar-refractivity contribution is 8.00. The van der Waals surface area contributed by atoms with Crippen molar-refractivity contribution in [2.45, 2.75) is 24.9 Å². The molecule has 3 aromatic rings. The molecule has 0 saturated carbocycles. The molecule has 2 heterocycles. The Kier molecular flexibility index (Phi) is 6.46. The number of aryl methyl sites for hydroxylation is 2. The zero-order valence-corrected chi connectivity index (χ0v) is 17.7. The summed E-state index contributed by atoms with van der Waals surface area (Å²) in [4.78, 5) is 24.7. The summed E-state index contributed by atoms with van der Waals surface area (Å²) in [5.41, 5.74) is 2.44. The second-order valence-electron chi connectivity index (χ2n) is 6.78. The predicted octanol–water partition coefficient (Wildman–Crippen LogP) is 2.40. The molecule has 0 saturated heterocycles. The normalized spacial score (nSPS) is 12.5. The number of hydrogen-bond donors (Lipinski definition) is 2. The van der Waals surface area contributed by atoms with Gasteiger partial charge in [0, 0.05) is 15.8 Å². The molecule has 0 unspecified atom stereocenters. The van der Waals surface area contributed by atoms with Crippen LogP contribution in [-0.2, 0) is 4.79 Å². The fourth-order valence-corrected chi connectivity index (χ4v) is 4.95. The molecule has 142 valence electrons. The third-order valence-electron chi connectivity index (χ3n) is 4.67. The van der Waals surface area contributed by atoms with Crippen molar-refractivity contribution in [2.24, 2.45) is 0 Å². The molecule has 0 radical (unpaired) electrons. The lowest BCUT2D eigenvalue weighted by Gasteiger charge is -2.22. The molecule has 3 rings (SSSR count). The van der Waals surface area contributed by atoms with Gasteiger partial charge in [-0.15, -0.1) is 11.3 Å². The van der Waals surface area contributed by atoms with Crippen molar-refractivity contribution in [1.82, 2.24) is 15.3 Å². The minimum absolute atomic E-state index is 0.0264. The fourth-order valence-electron chi connectivity index (χ4n) is 3.00. The molecule has 1 atom stereocenters. The molecule has 0 aliphatic carbocycles. The number of benzene rings is 1. The summed E-state index contributed by atoms with van der Waals surface area (Å²) >= 11 is 3.15. The Labute approximate surface area is 168 Å². The van der Waals surface area contributed by atoms with Crippen molar-refractivity contribution in [3.05, 3.63) is 52.7 Å². The molecule has 2 N–H and O–H groups in total. The van der Waals surface area contributed by atoms with Crippen LogP contribution in [0.5, 0.6) is 0 Å². The summed E-state index contributed by atoms with van der Waals surface area (Å²) in [6.45, 7) is 4.80. The lowest BCUT2D eigenvalue weighted by atomic mass is 10.1. The summed E-state index contributed by atoms with van der Waals surface area (Å²) in [6.07, 6.45) is 1.58. The average Bonchev–Trinajstić information content (AvgIpc) is 2.95. The SMILES string of the molecule is Cc1sc2ncnc(SCC(=O)NC[C@H](c3ccccc3)[NH+](C)C)c2c1C. The van der Waals surface area contributed by atoms with Crippen LogP contribution in [0.2, 0.25) is 0 Å². The van der Waals surface area contributed by atoms with Crippen molar-refractivity contribution >= 4 is 39.2 Å². The number of likely N-dealkylation sites (N-methyl/N-ethyl adjacent to an activating group) is 1. The number of carbonyl (C=O) groups excluding carboxylic acids is 1. The third-order valence-corrected chi connectivity index (χ3v) is 6.78. The standard InChI is InChI=1S/C20H24N4OS2/c1-13-14(2)27-20-18(13)19(22-12-23-20)26-11-17(25)21-10-16(24(3)4)15-8-6-5-7-9-15/h5-9,12,16H,10-11H2,1-4H3,(H,21,25)/p+1/t16-/m1/s1. The summed E-state index contributed by atoms with van der Waals surface area (Å²) in [7, 11) is 4.22. The van der Waals surface area contributed by atoms with Gasteiger partial charge in [-0.1, -0.05) is 42.1 Å². The molecule has 0 aliphatic rings. The first kappa shape index (κ1) is 19.8. The second kappa shape index (κ2) is 8.82. The summed E-state index contributed by atoms with van der Waals surface area (Å²) < 4.78 is 0. The van der Waals surface area contributed by atoms with E-state index in [1.54, 1.807) is 17.7 Å². The Morgan fingerprint density at radius 1 is 1.22 bits per heavy atom. The Morgan fingerprint density at radius 2 is 1.96 bits per heavy atom. The predicted molar refractivity (Wildman–Crippen MR) is 113 cm³/mol. The number of nitrogens with zero attached hydrogens (tertiary/aromatic N) is 2. The zero-order valence-electron chi connectivity index (χ0n) is 16.1. The van der Waals surface area contributed by atoms with Gasteiger partial charge in [0.1, 0.15) is 22.2 Å². The van der Waals surface area contributed by atoms with Crippen LogP contribution < -0.4 is 10.2 Å². The maximum absolute atomic E-state index is 12.4. The molecule has 0 bridgehead atoms. The summed E-state index contributed by atoms with van der Waals surface area (Å²) in [5, 5.41) is 5.04. The number of nitrogens with one attached hydrogen (secondary N) is 2. The Balaban J connectivity index is 1.62.